The Morgan fingerprint density at radius 2 is 2.27 bits per heavy atom. The van der Waals surface area contributed by atoms with Crippen molar-refractivity contribution in [2.75, 3.05) is 6.54 Å². The van der Waals surface area contributed by atoms with Crippen LogP contribution in [0.4, 0.5) is 0 Å². The van der Waals surface area contributed by atoms with Crippen LogP contribution < -0.4 is 16.6 Å². The zero-order valence-electron chi connectivity index (χ0n) is 13.1. The first kappa shape index (κ1) is 16.6. The summed E-state index contributed by atoms with van der Waals surface area (Å²) in [6.07, 6.45) is 1.72. The van der Waals surface area contributed by atoms with Gasteiger partial charge in [0.25, 0.3) is 5.56 Å². The lowest BCUT2D eigenvalue weighted by Crippen LogP contribution is -2.55. The van der Waals surface area contributed by atoms with Crippen LogP contribution in [0.25, 0.3) is 10.2 Å². The number of aromatic nitrogens is 2. The van der Waals surface area contributed by atoms with Gasteiger partial charge in [-0.3, -0.25) is 14.2 Å². The normalized spacial score (nSPS) is 14.2. The molecule has 0 radical (unpaired) electrons. The molecule has 2 aromatic heterocycles. The molecule has 3 N–H and O–H groups in total. The van der Waals surface area contributed by atoms with E-state index in [-0.39, 0.29) is 23.8 Å². The van der Waals surface area contributed by atoms with Gasteiger partial charge in [-0.05, 0) is 24.3 Å². The van der Waals surface area contributed by atoms with Crippen molar-refractivity contribution in [3.05, 3.63) is 28.1 Å². The Hall–Kier alpha value is -1.73. The molecule has 0 saturated carbocycles. The summed E-state index contributed by atoms with van der Waals surface area (Å²) in [6, 6.07) is 1.76. The van der Waals surface area contributed by atoms with E-state index in [0.717, 1.165) is 4.83 Å². The Morgan fingerprint density at radius 3 is 2.91 bits per heavy atom. The fraction of sp³-hybridized carbons (Fsp3) is 0.533. The quantitative estimate of drug-likeness (QED) is 0.840. The largest absolute Gasteiger partial charge is 0.349 e. The van der Waals surface area contributed by atoms with Crippen molar-refractivity contribution in [1.82, 2.24) is 14.9 Å². The number of fused-ring (bicyclic) bond motifs is 1. The molecule has 0 fully saturated rings. The molecule has 0 aliphatic carbocycles. The Morgan fingerprint density at radius 1 is 1.55 bits per heavy atom. The lowest BCUT2D eigenvalue weighted by Gasteiger charge is -2.33. The van der Waals surface area contributed by atoms with Crippen molar-refractivity contribution in [3.8, 4) is 0 Å². The SMILES string of the molecule is CC(C)C(C)(CN)NC(=O)CCn1cnc2sccc2c1=O. The lowest BCUT2D eigenvalue weighted by atomic mass is 9.88. The molecule has 0 spiro atoms. The minimum absolute atomic E-state index is 0.107. The maximum Gasteiger partial charge on any atom is 0.262 e. The van der Waals surface area contributed by atoms with E-state index in [2.05, 4.69) is 10.3 Å². The number of amides is 1. The molecule has 0 aliphatic heterocycles. The van der Waals surface area contributed by atoms with E-state index in [9.17, 15) is 9.59 Å². The van der Waals surface area contributed by atoms with Gasteiger partial charge in [0.1, 0.15) is 4.83 Å². The van der Waals surface area contributed by atoms with Gasteiger partial charge in [0.15, 0.2) is 0 Å². The van der Waals surface area contributed by atoms with Crippen molar-refractivity contribution in [2.45, 2.75) is 39.3 Å². The summed E-state index contributed by atoms with van der Waals surface area (Å²) >= 11 is 1.43. The van der Waals surface area contributed by atoms with Crippen LogP contribution in [0, 0.1) is 5.92 Å². The van der Waals surface area contributed by atoms with Crippen LogP contribution >= 0.6 is 11.3 Å². The Kier molecular flexibility index (Phi) is 4.97. The summed E-state index contributed by atoms with van der Waals surface area (Å²) in [5.41, 5.74) is 5.22. The molecular weight excluding hydrogens is 300 g/mol. The van der Waals surface area contributed by atoms with E-state index in [1.807, 2.05) is 26.2 Å². The summed E-state index contributed by atoms with van der Waals surface area (Å²) in [4.78, 5) is 29.3. The fourth-order valence-corrected chi connectivity index (χ4v) is 2.81. The molecule has 0 aromatic carbocycles. The molecule has 1 atom stereocenters. The number of nitrogens with one attached hydrogen (secondary N) is 1. The fourth-order valence-electron chi connectivity index (χ4n) is 2.09. The number of thiophene rings is 1. The molecule has 1 amide bonds. The zero-order valence-corrected chi connectivity index (χ0v) is 13.9. The third-order valence-corrected chi connectivity index (χ3v) is 4.97. The Labute approximate surface area is 133 Å². The molecule has 2 heterocycles. The van der Waals surface area contributed by atoms with Gasteiger partial charge in [-0.25, -0.2) is 4.98 Å². The Balaban J connectivity index is 2.04. The average Bonchev–Trinajstić information content (AvgIpc) is 2.95. The standard InChI is InChI=1S/C15H22N4O2S/c1-10(2)15(3,8-16)18-12(20)4-6-19-9-17-13-11(14(19)21)5-7-22-13/h5,7,9-10H,4,6,8,16H2,1-3H3,(H,18,20). The van der Waals surface area contributed by atoms with Crippen molar-refractivity contribution in [3.63, 3.8) is 0 Å². The highest BCUT2D eigenvalue weighted by atomic mass is 32.1. The zero-order chi connectivity index (χ0) is 16.3. The van der Waals surface area contributed by atoms with Gasteiger partial charge in [0.2, 0.25) is 5.91 Å². The van der Waals surface area contributed by atoms with E-state index in [1.54, 1.807) is 6.07 Å². The first-order valence-corrected chi connectivity index (χ1v) is 8.19. The van der Waals surface area contributed by atoms with Crippen LogP contribution in [-0.2, 0) is 11.3 Å². The lowest BCUT2D eigenvalue weighted by molar-refractivity contribution is -0.123. The summed E-state index contributed by atoms with van der Waals surface area (Å²) < 4.78 is 1.48. The topological polar surface area (TPSA) is 90.0 Å². The number of carbonyl (C=O) groups excluding carboxylic acids is 1. The summed E-state index contributed by atoms with van der Waals surface area (Å²) in [5, 5.41) is 5.40. The van der Waals surface area contributed by atoms with Crippen LogP contribution in [0.5, 0.6) is 0 Å². The van der Waals surface area contributed by atoms with Gasteiger partial charge in [-0.1, -0.05) is 13.8 Å². The van der Waals surface area contributed by atoms with Crippen LogP contribution in [0.2, 0.25) is 0 Å². The summed E-state index contributed by atoms with van der Waals surface area (Å²) in [6.45, 7) is 6.65. The van der Waals surface area contributed by atoms with Crippen molar-refractivity contribution in [2.24, 2.45) is 11.7 Å². The van der Waals surface area contributed by atoms with Crippen molar-refractivity contribution < 1.29 is 4.79 Å². The molecule has 2 aromatic rings. The number of nitrogens with zero attached hydrogens (tertiary/aromatic N) is 2. The minimum atomic E-state index is -0.433. The molecule has 120 valence electrons. The number of carbonyl (C=O) groups is 1. The second kappa shape index (κ2) is 6.58. The Bertz CT molecular complexity index is 722. The molecule has 7 heteroatoms. The molecule has 6 nitrogen and oxygen atoms in total. The number of hydrogen-bond acceptors (Lipinski definition) is 5. The van der Waals surface area contributed by atoms with E-state index < -0.39 is 5.54 Å². The van der Waals surface area contributed by atoms with E-state index >= 15 is 0 Å². The van der Waals surface area contributed by atoms with E-state index in [0.29, 0.717) is 18.5 Å². The third-order valence-electron chi connectivity index (χ3n) is 4.15. The van der Waals surface area contributed by atoms with Gasteiger partial charge in [-0.2, -0.15) is 0 Å². The number of aryl methyl sites for hydroxylation is 1. The number of rotatable bonds is 6. The van der Waals surface area contributed by atoms with Crippen molar-refractivity contribution in [1.29, 1.82) is 0 Å². The molecular formula is C15H22N4O2S. The van der Waals surface area contributed by atoms with Gasteiger partial charge in [0.05, 0.1) is 17.3 Å². The third kappa shape index (κ3) is 3.36. The molecule has 0 aliphatic rings. The van der Waals surface area contributed by atoms with Gasteiger partial charge >= 0.3 is 0 Å². The molecule has 22 heavy (non-hydrogen) atoms. The average molecular weight is 322 g/mol. The first-order chi connectivity index (χ1) is 10.4. The monoisotopic (exact) mass is 322 g/mol. The van der Waals surface area contributed by atoms with Crippen LogP contribution in [0.15, 0.2) is 22.6 Å². The number of hydrogen-bond donors (Lipinski definition) is 2. The predicted molar refractivity (Wildman–Crippen MR) is 88.9 cm³/mol. The van der Waals surface area contributed by atoms with E-state index in [4.69, 9.17) is 5.73 Å². The highest BCUT2D eigenvalue weighted by Crippen LogP contribution is 2.15. The van der Waals surface area contributed by atoms with Gasteiger partial charge < -0.3 is 11.1 Å². The first-order valence-electron chi connectivity index (χ1n) is 7.31. The second-order valence-corrected chi connectivity index (χ2v) is 6.85. The molecule has 1 unspecified atom stereocenters. The molecule has 2 rings (SSSR count). The number of nitrogens with two attached hydrogens (primary N) is 1. The van der Waals surface area contributed by atoms with Crippen LogP contribution in [0.1, 0.15) is 27.2 Å². The maximum atomic E-state index is 12.2. The summed E-state index contributed by atoms with van der Waals surface area (Å²) in [5.74, 6) is 0.118. The van der Waals surface area contributed by atoms with Crippen LogP contribution in [0.3, 0.4) is 0 Å². The predicted octanol–water partition coefficient (Wildman–Crippen LogP) is 1.34. The highest BCUT2D eigenvalue weighted by Gasteiger charge is 2.28. The molecule has 0 saturated heterocycles. The maximum absolute atomic E-state index is 12.2. The van der Waals surface area contributed by atoms with Gasteiger partial charge in [0, 0.05) is 19.5 Å². The highest BCUT2D eigenvalue weighted by molar-refractivity contribution is 7.16. The van der Waals surface area contributed by atoms with Crippen LogP contribution in [-0.4, -0.2) is 27.5 Å². The minimum Gasteiger partial charge on any atom is -0.349 e. The second-order valence-electron chi connectivity index (χ2n) is 5.96. The van der Waals surface area contributed by atoms with Crippen molar-refractivity contribution >= 4 is 27.5 Å². The van der Waals surface area contributed by atoms with E-state index in [1.165, 1.54) is 22.2 Å². The smallest absolute Gasteiger partial charge is 0.262 e. The molecule has 0 bridgehead atoms. The van der Waals surface area contributed by atoms with Gasteiger partial charge in [-0.15, -0.1) is 11.3 Å². The summed E-state index contributed by atoms with van der Waals surface area (Å²) in [7, 11) is 0.